The zero-order valence-electron chi connectivity index (χ0n) is 16.4. The number of benzene rings is 2. The predicted molar refractivity (Wildman–Crippen MR) is 111 cm³/mol. The van der Waals surface area contributed by atoms with Crippen LogP contribution in [0.5, 0.6) is 11.5 Å². The maximum Gasteiger partial charge on any atom is 0.257 e. The molecule has 3 rings (SSSR count). The molecule has 2 aromatic carbocycles. The topological polar surface area (TPSA) is 81.9 Å². The summed E-state index contributed by atoms with van der Waals surface area (Å²) >= 11 is 6.01. The zero-order valence-corrected chi connectivity index (χ0v) is 17.2. The summed E-state index contributed by atoms with van der Waals surface area (Å²) in [5.74, 6) is 0.750. The molecule has 7 heteroatoms. The van der Waals surface area contributed by atoms with Crippen LogP contribution >= 0.6 is 11.6 Å². The van der Waals surface area contributed by atoms with Crippen LogP contribution in [0.15, 0.2) is 48.5 Å². The van der Waals surface area contributed by atoms with Crippen molar-refractivity contribution in [1.82, 2.24) is 4.90 Å². The normalized spacial score (nSPS) is 15.6. The lowest BCUT2D eigenvalue weighted by Gasteiger charge is -2.41. The van der Waals surface area contributed by atoms with Gasteiger partial charge in [0, 0.05) is 29.9 Å². The fourth-order valence-electron chi connectivity index (χ4n) is 3.71. The van der Waals surface area contributed by atoms with Crippen LogP contribution in [0.1, 0.15) is 29.6 Å². The summed E-state index contributed by atoms with van der Waals surface area (Å²) in [5, 5.41) is 0.587. The summed E-state index contributed by atoms with van der Waals surface area (Å²) in [6.07, 6.45) is 1.46. The van der Waals surface area contributed by atoms with E-state index in [4.69, 9.17) is 26.8 Å². The van der Waals surface area contributed by atoms with Gasteiger partial charge in [-0.3, -0.25) is 9.59 Å². The zero-order chi connectivity index (χ0) is 20.9. The van der Waals surface area contributed by atoms with E-state index in [1.54, 1.807) is 36.3 Å². The third-order valence-corrected chi connectivity index (χ3v) is 5.57. The highest BCUT2D eigenvalue weighted by Crippen LogP contribution is 2.37. The molecule has 2 amide bonds. The Morgan fingerprint density at radius 3 is 2.52 bits per heavy atom. The van der Waals surface area contributed by atoms with E-state index in [0.29, 0.717) is 54.6 Å². The van der Waals surface area contributed by atoms with E-state index in [2.05, 4.69) is 0 Å². The number of nitrogens with two attached hydrogens (primary N) is 1. The smallest absolute Gasteiger partial charge is 0.257 e. The van der Waals surface area contributed by atoms with Gasteiger partial charge in [-0.15, -0.1) is 0 Å². The molecular weight excluding hydrogens is 392 g/mol. The van der Waals surface area contributed by atoms with Crippen LogP contribution in [0.2, 0.25) is 5.02 Å². The van der Waals surface area contributed by atoms with Gasteiger partial charge in [-0.1, -0.05) is 29.8 Å². The number of carbonyl (C=O) groups excluding carboxylic acids is 2. The highest BCUT2D eigenvalue weighted by atomic mass is 35.5. The molecule has 0 spiro atoms. The van der Waals surface area contributed by atoms with Crippen molar-refractivity contribution in [3.05, 3.63) is 59.1 Å². The van der Waals surface area contributed by atoms with Crippen LogP contribution in [0.4, 0.5) is 0 Å². The molecule has 0 aliphatic carbocycles. The summed E-state index contributed by atoms with van der Waals surface area (Å²) in [6.45, 7) is 1.37. The number of rotatable bonds is 7. The van der Waals surface area contributed by atoms with Crippen LogP contribution in [-0.4, -0.2) is 43.5 Å². The highest BCUT2D eigenvalue weighted by Gasteiger charge is 2.38. The van der Waals surface area contributed by atoms with Gasteiger partial charge in [-0.25, -0.2) is 0 Å². The Bertz CT molecular complexity index is 879. The number of hydrogen-bond donors (Lipinski definition) is 1. The Morgan fingerprint density at radius 2 is 1.86 bits per heavy atom. The Morgan fingerprint density at radius 1 is 1.14 bits per heavy atom. The molecule has 1 heterocycles. The third-order valence-electron chi connectivity index (χ3n) is 5.34. The standard InChI is InChI=1S/C22H25ClN2O4/c1-28-19-8-3-2-7-18(19)21(27)25-11-9-22(10-12-25,14-20(24)26)15-29-17-6-4-5-16(23)13-17/h2-8,13H,9-12,14-15H2,1H3,(H2,24,26). The molecule has 2 aromatic rings. The molecule has 1 fully saturated rings. The van der Waals surface area contributed by atoms with E-state index in [-0.39, 0.29) is 18.2 Å². The molecule has 6 nitrogen and oxygen atoms in total. The number of hydrogen-bond acceptors (Lipinski definition) is 4. The van der Waals surface area contributed by atoms with Gasteiger partial charge in [-0.05, 0) is 43.2 Å². The minimum Gasteiger partial charge on any atom is -0.496 e. The van der Waals surface area contributed by atoms with Gasteiger partial charge in [-0.2, -0.15) is 0 Å². The SMILES string of the molecule is COc1ccccc1C(=O)N1CCC(COc2cccc(Cl)c2)(CC(N)=O)CC1. The molecule has 0 atom stereocenters. The van der Waals surface area contributed by atoms with Crippen molar-refractivity contribution in [3.8, 4) is 11.5 Å². The highest BCUT2D eigenvalue weighted by molar-refractivity contribution is 6.30. The lowest BCUT2D eigenvalue weighted by Crippen LogP contribution is -2.47. The second-order valence-corrected chi connectivity index (χ2v) is 7.82. The molecule has 29 heavy (non-hydrogen) atoms. The molecular formula is C22H25ClN2O4. The lowest BCUT2D eigenvalue weighted by atomic mass is 9.76. The number of methoxy groups -OCH3 is 1. The molecule has 1 saturated heterocycles. The van der Waals surface area contributed by atoms with Crippen LogP contribution in [0.3, 0.4) is 0 Å². The minimum atomic E-state index is -0.411. The van der Waals surface area contributed by atoms with Gasteiger partial charge in [0.2, 0.25) is 5.91 Å². The van der Waals surface area contributed by atoms with Crippen molar-refractivity contribution in [2.24, 2.45) is 11.1 Å². The quantitative estimate of drug-likeness (QED) is 0.748. The maximum atomic E-state index is 12.9. The van der Waals surface area contributed by atoms with Crippen molar-refractivity contribution in [3.63, 3.8) is 0 Å². The first kappa shape index (κ1) is 21.0. The molecule has 2 N–H and O–H groups in total. The molecule has 0 bridgehead atoms. The average molecular weight is 417 g/mol. The first-order chi connectivity index (χ1) is 13.9. The van der Waals surface area contributed by atoms with Gasteiger partial charge < -0.3 is 20.1 Å². The fraction of sp³-hybridized carbons (Fsp3) is 0.364. The number of carbonyl (C=O) groups is 2. The number of para-hydroxylation sites is 1. The number of amides is 2. The molecule has 1 aliphatic rings. The van der Waals surface area contributed by atoms with Crippen LogP contribution in [0.25, 0.3) is 0 Å². The first-order valence-corrected chi connectivity index (χ1v) is 9.89. The van der Waals surface area contributed by atoms with Gasteiger partial charge >= 0.3 is 0 Å². The summed E-state index contributed by atoms with van der Waals surface area (Å²) < 4.78 is 11.2. The number of likely N-dealkylation sites (tertiary alicyclic amines) is 1. The van der Waals surface area contributed by atoms with Crippen LogP contribution < -0.4 is 15.2 Å². The van der Waals surface area contributed by atoms with Gasteiger partial charge in [0.25, 0.3) is 5.91 Å². The second-order valence-electron chi connectivity index (χ2n) is 7.38. The molecule has 1 aliphatic heterocycles. The van der Waals surface area contributed by atoms with Gasteiger partial charge in [0.1, 0.15) is 11.5 Å². The Labute approximate surface area is 175 Å². The Hall–Kier alpha value is -2.73. The maximum absolute atomic E-state index is 12.9. The van der Waals surface area contributed by atoms with Gasteiger partial charge in [0.05, 0.1) is 19.3 Å². The second kappa shape index (κ2) is 9.18. The first-order valence-electron chi connectivity index (χ1n) is 9.51. The lowest BCUT2D eigenvalue weighted by molar-refractivity contribution is -0.121. The van der Waals surface area contributed by atoms with Crippen molar-refractivity contribution < 1.29 is 19.1 Å². The summed E-state index contributed by atoms with van der Waals surface area (Å²) in [6, 6.07) is 14.3. The summed E-state index contributed by atoms with van der Waals surface area (Å²) in [5.41, 5.74) is 5.64. The number of ether oxygens (including phenoxy) is 2. The van der Waals surface area contributed by atoms with Crippen molar-refractivity contribution in [2.75, 3.05) is 26.8 Å². The van der Waals surface area contributed by atoms with E-state index in [9.17, 15) is 9.59 Å². The molecule has 0 aromatic heterocycles. The Kier molecular flexibility index (Phi) is 6.64. The number of nitrogens with zero attached hydrogens (tertiary/aromatic N) is 1. The largest absolute Gasteiger partial charge is 0.496 e. The van der Waals surface area contributed by atoms with Crippen molar-refractivity contribution in [2.45, 2.75) is 19.3 Å². The van der Waals surface area contributed by atoms with Gasteiger partial charge in [0.15, 0.2) is 0 Å². The number of primary amides is 1. The fourth-order valence-corrected chi connectivity index (χ4v) is 3.89. The summed E-state index contributed by atoms with van der Waals surface area (Å²) in [4.78, 5) is 26.4. The third kappa shape index (κ3) is 5.21. The Balaban J connectivity index is 1.69. The number of halogens is 1. The molecule has 0 saturated carbocycles. The summed E-state index contributed by atoms with van der Waals surface area (Å²) in [7, 11) is 1.55. The van der Waals surface area contributed by atoms with E-state index >= 15 is 0 Å². The van der Waals surface area contributed by atoms with E-state index in [0.717, 1.165) is 0 Å². The van der Waals surface area contributed by atoms with Crippen LogP contribution in [-0.2, 0) is 4.79 Å². The number of piperidine rings is 1. The predicted octanol–water partition coefficient (Wildman–Crippen LogP) is 3.53. The average Bonchev–Trinajstić information content (AvgIpc) is 2.72. The minimum absolute atomic E-state index is 0.0779. The van der Waals surface area contributed by atoms with E-state index in [1.165, 1.54) is 0 Å². The van der Waals surface area contributed by atoms with E-state index < -0.39 is 5.41 Å². The molecule has 0 unspecified atom stereocenters. The molecule has 154 valence electrons. The van der Waals surface area contributed by atoms with Crippen LogP contribution in [0, 0.1) is 5.41 Å². The van der Waals surface area contributed by atoms with Crippen molar-refractivity contribution >= 4 is 23.4 Å². The molecule has 0 radical (unpaired) electrons. The monoisotopic (exact) mass is 416 g/mol. The van der Waals surface area contributed by atoms with E-state index in [1.807, 2.05) is 24.3 Å². The van der Waals surface area contributed by atoms with Crippen molar-refractivity contribution in [1.29, 1.82) is 0 Å².